The molecule has 0 aromatic heterocycles. The van der Waals surface area contributed by atoms with Crippen molar-refractivity contribution < 1.29 is 32.5 Å². The minimum absolute atomic E-state index is 0.0295. The van der Waals surface area contributed by atoms with Crippen LogP contribution in [0.5, 0.6) is 5.75 Å². The number of anilines is 1. The van der Waals surface area contributed by atoms with E-state index in [1.807, 2.05) is 6.07 Å². The van der Waals surface area contributed by atoms with E-state index in [0.717, 1.165) is 68.7 Å². The van der Waals surface area contributed by atoms with Crippen LogP contribution >= 0.6 is 11.6 Å². The number of halogens is 1. The van der Waals surface area contributed by atoms with Crippen molar-refractivity contribution >= 4 is 33.3 Å². The van der Waals surface area contributed by atoms with Gasteiger partial charge in [-0.15, -0.1) is 0 Å². The van der Waals surface area contributed by atoms with E-state index >= 15 is 0 Å². The molecule has 9 nitrogen and oxygen atoms in total. The molecule has 1 spiro atoms. The molecule has 2 aliphatic carbocycles. The molecule has 1 saturated heterocycles. The number of carboxylic acids is 1. The van der Waals surface area contributed by atoms with E-state index < -0.39 is 21.2 Å². The summed E-state index contributed by atoms with van der Waals surface area (Å²) in [5, 5.41) is 15.1. The molecule has 4 aliphatic rings. The third-order valence-corrected chi connectivity index (χ3v) is 11.6. The molecule has 2 fully saturated rings. The number of ether oxygens (including phenoxy) is 3. The number of nitrogens with two attached hydrogens (primary N) is 1. The number of sulfonamides is 1. The van der Waals surface area contributed by atoms with Crippen molar-refractivity contribution in [3.8, 4) is 5.75 Å². The Balaban J connectivity index is 1.23. The van der Waals surface area contributed by atoms with Crippen LogP contribution in [0, 0.1) is 11.8 Å². The van der Waals surface area contributed by atoms with Crippen LogP contribution in [-0.2, 0) is 31.3 Å². The van der Waals surface area contributed by atoms with Crippen molar-refractivity contribution in [3.05, 3.63) is 58.1 Å². The van der Waals surface area contributed by atoms with Gasteiger partial charge in [0.2, 0.25) is 10.0 Å². The van der Waals surface area contributed by atoms with Crippen LogP contribution in [0.1, 0.15) is 66.9 Å². The average Bonchev–Trinajstić information content (AvgIpc) is 3.10. The van der Waals surface area contributed by atoms with Gasteiger partial charge in [0.15, 0.2) is 0 Å². The number of carbonyl (C=O) groups is 1. The van der Waals surface area contributed by atoms with Gasteiger partial charge in [-0.25, -0.2) is 18.4 Å². The summed E-state index contributed by atoms with van der Waals surface area (Å²) in [5.74, 6) is 0.451. The lowest BCUT2D eigenvalue weighted by atomic mass is 9.67. The van der Waals surface area contributed by atoms with E-state index in [2.05, 4.69) is 17.0 Å². The van der Waals surface area contributed by atoms with Crippen molar-refractivity contribution in [2.45, 2.75) is 74.7 Å². The average molecular weight is 633 g/mol. The van der Waals surface area contributed by atoms with Gasteiger partial charge in [-0.2, -0.15) is 0 Å². The first kappa shape index (κ1) is 30.6. The number of primary sulfonamides is 1. The van der Waals surface area contributed by atoms with Gasteiger partial charge in [-0.3, -0.25) is 0 Å². The normalized spacial score (nSPS) is 29.5. The predicted molar refractivity (Wildman–Crippen MR) is 165 cm³/mol. The molecule has 43 heavy (non-hydrogen) atoms. The van der Waals surface area contributed by atoms with Gasteiger partial charge in [0.25, 0.3) is 0 Å². The summed E-state index contributed by atoms with van der Waals surface area (Å²) in [6, 6.07) is 11.4. The zero-order valence-corrected chi connectivity index (χ0v) is 26.1. The molecule has 6 rings (SSSR count). The minimum atomic E-state index is -3.64. The molecule has 11 heteroatoms. The maximum absolute atomic E-state index is 12.0. The fourth-order valence-corrected chi connectivity index (χ4v) is 7.92. The molecule has 2 aromatic rings. The molecular weight excluding hydrogens is 592 g/mol. The second-order valence-corrected chi connectivity index (χ2v) is 15.3. The summed E-state index contributed by atoms with van der Waals surface area (Å²) in [7, 11) is -3.64. The van der Waals surface area contributed by atoms with E-state index in [0.29, 0.717) is 30.8 Å². The van der Waals surface area contributed by atoms with Crippen LogP contribution in [0.15, 0.2) is 36.4 Å². The fraction of sp³-hybridized carbons (Fsp3) is 0.594. The first-order chi connectivity index (χ1) is 20.5. The Kier molecular flexibility index (Phi) is 8.69. The van der Waals surface area contributed by atoms with Crippen molar-refractivity contribution in [1.82, 2.24) is 0 Å². The quantitative estimate of drug-likeness (QED) is 0.426. The maximum atomic E-state index is 12.0. The Morgan fingerprint density at radius 1 is 1.23 bits per heavy atom. The van der Waals surface area contributed by atoms with Crippen LogP contribution in [0.25, 0.3) is 0 Å². The molecule has 2 aromatic carbocycles. The molecule has 0 radical (unpaired) electrons. The Labute approximate surface area is 258 Å². The smallest absolute Gasteiger partial charge is 0.335 e. The van der Waals surface area contributed by atoms with Gasteiger partial charge in [0.05, 0.1) is 41.9 Å². The largest absolute Gasteiger partial charge is 0.490 e. The number of rotatable bonds is 8. The van der Waals surface area contributed by atoms with Gasteiger partial charge < -0.3 is 24.2 Å². The number of fused-ring (bicyclic) bond motifs is 3. The lowest BCUT2D eigenvalue weighted by Gasteiger charge is -2.47. The minimum Gasteiger partial charge on any atom is -0.490 e. The highest BCUT2D eigenvalue weighted by Crippen LogP contribution is 2.47. The van der Waals surface area contributed by atoms with E-state index in [1.165, 1.54) is 11.1 Å². The van der Waals surface area contributed by atoms with E-state index in [-0.39, 0.29) is 29.8 Å². The zero-order valence-electron chi connectivity index (χ0n) is 24.5. The Bertz CT molecular complexity index is 1470. The van der Waals surface area contributed by atoms with E-state index in [1.54, 1.807) is 25.1 Å². The van der Waals surface area contributed by atoms with Gasteiger partial charge in [-0.1, -0.05) is 17.7 Å². The summed E-state index contributed by atoms with van der Waals surface area (Å²) in [6.07, 6.45) is 6.52. The third-order valence-electron chi connectivity index (χ3n) is 10.1. The number of aromatic carboxylic acids is 1. The third kappa shape index (κ3) is 6.40. The number of hydrogen-bond donors (Lipinski definition) is 2. The Morgan fingerprint density at radius 2 is 2.07 bits per heavy atom. The van der Waals surface area contributed by atoms with Gasteiger partial charge in [0.1, 0.15) is 5.75 Å². The number of nitrogens with zero attached hydrogens (tertiary/aromatic N) is 1. The summed E-state index contributed by atoms with van der Waals surface area (Å²) in [5.41, 5.74) is 3.37. The highest BCUT2D eigenvalue weighted by molar-refractivity contribution is 7.89. The summed E-state index contributed by atoms with van der Waals surface area (Å²) in [6.45, 7) is 4.24. The second kappa shape index (κ2) is 12.2. The SMILES string of the molecule is C[C@H](CO[C@@H]1CCO[C@H]([C@@H]2CC[C@H]2CN2C[C@@]3(CCCc4cc(Cl)ccc43)COc3ccc(C(=O)O)cc32)C1)S(N)(=O)=O. The summed E-state index contributed by atoms with van der Waals surface area (Å²) < 4.78 is 42.0. The molecule has 3 N–H and O–H groups in total. The van der Waals surface area contributed by atoms with Gasteiger partial charge in [0, 0.05) is 36.6 Å². The number of hydrogen-bond acceptors (Lipinski definition) is 7. The second-order valence-electron chi connectivity index (χ2n) is 12.9. The molecular formula is C32H41ClN2O7S. The molecule has 0 unspecified atom stereocenters. The fourth-order valence-electron chi connectivity index (χ4n) is 7.45. The van der Waals surface area contributed by atoms with Crippen molar-refractivity contribution in [1.29, 1.82) is 0 Å². The van der Waals surface area contributed by atoms with E-state index in [9.17, 15) is 18.3 Å². The van der Waals surface area contributed by atoms with Crippen LogP contribution in [0.3, 0.4) is 0 Å². The molecule has 0 amide bonds. The first-order valence-corrected chi connectivity index (χ1v) is 17.3. The van der Waals surface area contributed by atoms with Crippen molar-refractivity contribution in [2.24, 2.45) is 17.0 Å². The summed E-state index contributed by atoms with van der Waals surface area (Å²) in [4.78, 5) is 14.3. The topological polar surface area (TPSA) is 128 Å². The summed E-state index contributed by atoms with van der Waals surface area (Å²) >= 11 is 6.38. The monoisotopic (exact) mass is 632 g/mol. The van der Waals surface area contributed by atoms with Crippen LogP contribution in [0.4, 0.5) is 5.69 Å². The lowest BCUT2D eigenvalue weighted by Crippen LogP contribution is -2.51. The highest BCUT2D eigenvalue weighted by atomic mass is 35.5. The first-order valence-electron chi connectivity index (χ1n) is 15.3. The van der Waals surface area contributed by atoms with Gasteiger partial charge in [-0.05, 0) is 98.7 Å². The predicted octanol–water partition coefficient (Wildman–Crippen LogP) is 4.78. The standard InChI is InChI=1S/C32H41ClN2O7S/c1-20(43(34,38)39)17-41-25-10-12-40-30(15-25)26-7-4-23(26)16-35-18-32(11-2-3-21-13-24(33)6-8-27(21)32)19-42-29-9-5-22(31(36)37)14-28(29)35/h5-6,8-9,13-14,20,23,25-26,30H,2-4,7,10-12,15-19H2,1H3,(H,36,37)(H2,34,38,39)/t20-,23+,25-,26-,30+,32+/m1/s1. The maximum Gasteiger partial charge on any atom is 0.335 e. The van der Waals surface area contributed by atoms with Crippen molar-refractivity contribution in [2.75, 3.05) is 37.8 Å². The van der Waals surface area contributed by atoms with Gasteiger partial charge >= 0.3 is 5.97 Å². The Hall–Kier alpha value is -2.37. The van der Waals surface area contributed by atoms with E-state index in [4.69, 9.17) is 31.0 Å². The molecule has 234 valence electrons. The van der Waals surface area contributed by atoms with Crippen LogP contribution in [-0.4, -0.2) is 69.9 Å². The lowest BCUT2D eigenvalue weighted by molar-refractivity contribution is -0.116. The molecule has 6 atom stereocenters. The Morgan fingerprint density at radius 3 is 2.81 bits per heavy atom. The van der Waals surface area contributed by atoms with Crippen LogP contribution < -0.4 is 14.8 Å². The number of benzene rings is 2. The number of carboxylic acid groups (broad SMARTS) is 1. The molecule has 0 bridgehead atoms. The molecule has 2 aliphatic heterocycles. The van der Waals surface area contributed by atoms with Crippen molar-refractivity contribution in [3.63, 3.8) is 0 Å². The number of aryl methyl sites for hydroxylation is 1. The molecule has 2 heterocycles. The zero-order chi connectivity index (χ0) is 30.4. The highest BCUT2D eigenvalue weighted by Gasteiger charge is 2.45. The van der Waals surface area contributed by atoms with Crippen LogP contribution in [0.2, 0.25) is 5.02 Å². The molecule has 1 saturated carbocycles.